The standard InChI is InChI=1S/C12H24N2O2S/c1-11(2,3)8(9(15)16-7)13-10(17)14-12(4,5)6/h8H,1-7H3,(H2,13,14,17)/t8-/m1/s1. The van der Waals surface area contributed by atoms with Gasteiger partial charge in [-0.1, -0.05) is 20.8 Å². The molecule has 0 aliphatic rings. The molecule has 0 aromatic heterocycles. The van der Waals surface area contributed by atoms with Crippen LogP contribution in [0.1, 0.15) is 41.5 Å². The Labute approximate surface area is 109 Å². The van der Waals surface area contributed by atoms with Crippen LogP contribution >= 0.6 is 12.2 Å². The Morgan fingerprint density at radius 1 is 1.18 bits per heavy atom. The topological polar surface area (TPSA) is 50.4 Å². The monoisotopic (exact) mass is 260 g/mol. The minimum absolute atomic E-state index is 0.136. The van der Waals surface area contributed by atoms with Gasteiger partial charge in [0, 0.05) is 5.54 Å². The van der Waals surface area contributed by atoms with E-state index in [4.69, 9.17) is 17.0 Å². The van der Waals surface area contributed by atoms with Gasteiger partial charge in [-0.25, -0.2) is 4.79 Å². The SMILES string of the molecule is COC(=O)[C@@H](NC(=S)NC(C)(C)C)C(C)(C)C. The van der Waals surface area contributed by atoms with Crippen LogP contribution in [0.25, 0.3) is 0 Å². The van der Waals surface area contributed by atoms with Crippen LogP contribution in [0.4, 0.5) is 0 Å². The molecule has 100 valence electrons. The maximum absolute atomic E-state index is 11.7. The highest BCUT2D eigenvalue weighted by molar-refractivity contribution is 7.80. The number of esters is 1. The van der Waals surface area contributed by atoms with E-state index in [9.17, 15) is 4.79 Å². The van der Waals surface area contributed by atoms with E-state index in [1.807, 2.05) is 41.5 Å². The Kier molecular flexibility index (Phi) is 5.39. The lowest BCUT2D eigenvalue weighted by molar-refractivity contribution is -0.145. The Morgan fingerprint density at radius 2 is 1.65 bits per heavy atom. The number of hydrogen-bond acceptors (Lipinski definition) is 3. The number of carbonyl (C=O) groups is 1. The molecule has 0 heterocycles. The van der Waals surface area contributed by atoms with Crippen LogP contribution in [-0.4, -0.2) is 29.8 Å². The Balaban J connectivity index is 4.67. The molecule has 0 amide bonds. The van der Waals surface area contributed by atoms with Crippen LogP contribution in [0, 0.1) is 5.41 Å². The molecule has 0 spiro atoms. The van der Waals surface area contributed by atoms with Gasteiger partial charge in [0.15, 0.2) is 5.11 Å². The number of methoxy groups -OCH3 is 1. The van der Waals surface area contributed by atoms with Crippen molar-refractivity contribution in [2.24, 2.45) is 5.41 Å². The van der Waals surface area contributed by atoms with Crippen LogP contribution in [0.3, 0.4) is 0 Å². The highest BCUT2D eigenvalue weighted by atomic mass is 32.1. The summed E-state index contributed by atoms with van der Waals surface area (Å²) in [6, 6.07) is -0.463. The fourth-order valence-corrected chi connectivity index (χ4v) is 1.68. The van der Waals surface area contributed by atoms with Crippen molar-refractivity contribution in [3.63, 3.8) is 0 Å². The van der Waals surface area contributed by atoms with Gasteiger partial charge in [-0.15, -0.1) is 0 Å². The van der Waals surface area contributed by atoms with Crippen LogP contribution in [0.2, 0.25) is 0 Å². The van der Waals surface area contributed by atoms with Crippen molar-refractivity contribution >= 4 is 23.3 Å². The molecule has 0 saturated heterocycles. The van der Waals surface area contributed by atoms with Crippen LogP contribution in [-0.2, 0) is 9.53 Å². The molecule has 2 N–H and O–H groups in total. The predicted molar refractivity (Wildman–Crippen MR) is 73.9 cm³/mol. The van der Waals surface area contributed by atoms with Crippen molar-refractivity contribution in [3.05, 3.63) is 0 Å². The molecule has 0 radical (unpaired) electrons. The van der Waals surface area contributed by atoms with Gasteiger partial charge in [-0.3, -0.25) is 0 Å². The Bertz CT molecular complexity index is 290. The maximum Gasteiger partial charge on any atom is 0.328 e. The van der Waals surface area contributed by atoms with Crippen molar-refractivity contribution in [3.8, 4) is 0 Å². The zero-order valence-electron chi connectivity index (χ0n) is 11.8. The van der Waals surface area contributed by atoms with Crippen molar-refractivity contribution in [2.45, 2.75) is 53.1 Å². The summed E-state index contributed by atoms with van der Waals surface area (Å²) in [6.45, 7) is 11.9. The highest BCUT2D eigenvalue weighted by Crippen LogP contribution is 2.20. The summed E-state index contributed by atoms with van der Waals surface area (Å²) in [4.78, 5) is 11.7. The van der Waals surface area contributed by atoms with Gasteiger partial charge in [0.2, 0.25) is 0 Å². The van der Waals surface area contributed by atoms with Crippen molar-refractivity contribution < 1.29 is 9.53 Å². The average Bonchev–Trinajstić information content (AvgIpc) is 2.08. The summed E-state index contributed by atoms with van der Waals surface area (Å²) in [5.74, 6) is -0.310. The van der Waals surface area contributed by atoms with Gasteiger partial charge in [0.05, 0.1) is 7.11 Å². The molecule has 0 rings (SSSR count). The van der Waals surface area contributed by atoms with Gasteiger partial charge in [-0.2, -0.15) is 0 Å². The second-order valence-corrected chi connectivity index (χ2v) is 6.58. The van der Waals surface area contributed by atoms with E-state index in [1.165, 1.54) is 7.11 Å². The predicted octanol–water partition coefficient (Wildman–Crippen LogP) is 1.84. The minimum Gasteiger partial charge on any atom is -0.467 e. The number of thiocarbonyl (C=S) groups is 1. The first-order valence-electron chi connectivity index (χ1n) is 5.64. The number of ether oxygens (including phenoxy) is 1. The third kappa shape index (κ3) is 6.46. The molecule has 0 aromatic rings. The molecule has 1 atom stereocenters. The molecule has 4 nitrogen and oxygen atoms in total. The van der Waals surface area contributed by atoms with E-state index in [1.54, 1.807) is 0 Å². The number of carbonyl (C=O) groups excluding carboxylic acids is 1. The second-order valence-electron chi connectivity index (χ2n) is 6.17. The van der Waals surface area contributed by atoms with Gasteiger partial charge in [0.1, 0.15) is 6.04 Å². The second kappa shape index (κ2) is 5.67. The zero-order chi connectivity index (χ0) is 13.9. The molecule has 0 unspecified atom stereocenters. The van der Waals surface area contributed by atoms with E-state index in [-0.39, 0.29) is 16.9 Å². The van der Waals surface area contributed by atoms with Gasteiger partial charge >= 0.3 is 5.97 Å². The van der Waals surface area contributed by atoms with E-state index >= 15 is 0 Å². The van der Waals surface area contributed by atoms with Crippen LogP contribution in [0.5, 0.6) is 0 Å². The molecular formula is C12H24N2O2S. The largest absolute Gasteiger partial charge is 0.467 e. The molecule has 0 saturated carbocycles. The molecule has 0 aliphatic heterocycles. The zero-order valence-corrected chi connectivity index (χ0v) is 12.6. The highest BCUT2D eigenvalue weighted by Gasteiger charge is 2.33. The summed E-state index contributed by atoms with van der Waals surface area (Å²) in [5.41, 5.74) is -0.403. The number of hydrogen-bond donors (Lipinski definition) is 2. The summed E-state index contributed by atoms with van der Waals surface area (Å²) in [6.07, 6.45) is 0. The van der Waals surface area contributed by atoms with E-state index in [0.717, 1.165) is 0 Å². The van der Waals surface area contributed by atoms with Crippen molar-refractivity contribution in [1.29, 1.82) is 0 Å². The summed E-state index contributed by atoms with van der Waals surface area (Å²) < 4.78 is 4.78. The lowest BCUT2D eigenvalue weighted by Gasteiger charge is -2.32. The van der Waals surface area contributed by atoms with E-state index in [0.29, 0.717) is 5.11 Å². The van der Waals surface area contributed by atoms with E-state index in [2.05, 4.69) is 10.6 Å². The molecule has 0 aliphatic carbocycles. The van der Waals surface area contributed by atoms with Crippen LogP contribution < -0.4 is 10.6 Å². The molecular weight excluding hydrogens is 236 g/mol. The van der Waals surface area contributed by atoms with Crippen molar-refractivity contribution in [2.75, 3.05) is 7.11 Å². The number of nitrogens with one attached hydrogen (secondary N) is 2. The summed E-state index contributed by atoms with van der Waals surface area (Å²) in [5, 5.41) is 6.58. The molecule has 0 aromatic carbocycles. The minimum atomic E-state index is -0.463. The fourth-order valence-electron chi connectivity index (χ4n) is 1.25. The molecule has 17 heavy (non-hydrogen) atoms. The molecule has 0 bridgehead atoms. The quantitative estimate of drug-likeness (QED) is 0.586. The normalized spacial score (nSPS) is 13.8. The first-order chi connectivity index (χ1) is 7.47. The Hall–Kier alpha value is -0.840. The third-order valence-electron chi connectivity index (χ3n) is 2.07. The van der Waals surface area contributed by atoms with Gasteiger partial charge in [0.25, 0.3) is 0 Å². The fraction of sp³-hybridized carbons (Fsp3) is 0.833. The summed E-state index contributed by atoms with van der Waals surface area (Å²) in [7, 11) is 1.38. The lowest BCUT2D eigenvalue weighted by Crippen LogP contribution is -2.55. The maximum atomic E-state index is 11.7. The smallest absolute Gasteiger partial charge is 0.328 e. The third-order valence-corrected chi connectivity index (χ3v) is 2.29. The summed E-state index contributed by atoms with van der Waals surface area (Å²) >= 11 is 5.18. The van der Waals surface area contributed by atoms with E-state index < -0.39 is 6.04 Å². The Morgan fingerprint density at radius 3 is 1.94 bits per heavy atom. The first-order valence-corrected chi connectivity index (χ1v) is 6.04. The van der Waals surface area contributed by atoms with Crippen molar-refractivity contribution in [1.82, 2.24) is 10.6 Å². The lowest BCUT2D eigenvalue weighted by atomic mass is 9.87. The first kappa shape index (κ1) is 16.2. The molecule has 0 fully saturated rings. The van der Waals surface area contributed by atoms with Gasteiger partial charge in [-0.05, 0) is 38.4 Å². The molecule has 5 heteroatoms. The number of rotatable bonds is 2. The van der Waals surface area contributed by atoms with Crippen LogP contribution in [0.15, 0.2) is 0 Å². The van der Waals surface area contributed by atoms with Gasteiger partial charge < -0.3 is 15.4 Å². The average molecular weight is 260 g/mol.